The molecule has 0 aliphatic heterocycles. The van der Waals surface area contributed by atoms with Gasteiger partial charge < -0.3 is 0 Å². The number of hydrogen-bond donors (Lipinski definition) is 0. The molecule has 0 bridgehead atoms. The van der Waals surface area contributed by atoms with Crippen molar-refractivity contribution >= 4 is 10.8 Å². The number of fused-ring (bicyclic) bond motifs is 1. The molecule has 1 fully saturated rings. The van der Waals surface area contributed by atoms with E-state index in [1.807, 2.05) is 0 Å². The molecule has 25 heavy (non-hydrogen) atoms. The van der Waals surface area contributed by atoms with Crippen LogP contribution in [0.2, 0.25) is 0 Å². The third-order valence-corrected chi connectivity index (χ3v) is 5.63. The van der Waals surface area contributed by atoms with Crippen molar-refractivity contribution < 1.29 is 0 Å². The van der Waals surface area contributed by atoms with Crippen molar-refractivity contribution in [3.63, 3.8) is 0 Å². The zero-order valence-electron chi connectivity index (χ0n) is 14.5. The lowest BCUT2D eigenvalue weighted by Gasteiger charge is -2.26. The van der Waals surface area contributed by atoms with Crippen molar-refractivity contribution in [1.82, 2.24) is 0 Å². The molecule has 1 heteroatoms. The monoisotopic (exact) mass is 325 g/mol. The lowest BCUT2D eigenvalue weighted by Crippen LogP contribution is -2.15. The van der Waals surface area contributed by atoms with Crippen LogP contribution in [0, 0.1) is 17.2 Å². The molecule has 0 aromatic heterocycles. The second-order valence-electron chi connectivity index (χ2n) is 7.15. The van der Waals surface area contributed by atoms with E-state index in [0.717, 1.165) is 0 Å². The zero-order valence-corrected chi connectivity index (χ0v) is 14.5. The van der Waals surface area contributed by atoms with E-state index in [9.17, 15) is 5.26 Å². The van der Waals surface area contributed by atoms with Gasteiger partial charge in [-0.15, -0.1) is 0 Å². The van der Waals surface area contributed by atoms with Crippen molar-refractivity contribution in [2.75, 3.05) is 0 Å². The molecule has 3 aromatic carbocycles. The molecule has 1 unspecified atom stereocenters. The summed E-state index contributed by atoms with van der Waals surface area (Å²) in [4.78, 5) is 0. The van der Waals surface area contributed by atoms with Crippen molar-refractivity contribution in [3.8, 4) is 17.2 Å². The number of nitriles is 1. The highest BCUT2D eigenvalue weighted by Gasteiger charge is 2.24. The second-order valence-corrected chi connectivity index (χ2v) is 7.15. The minimum Gasteiger partial charge on any atom is -0.198 e. The van der Waals surface area contributed by atoms with Crippen LogP contribution in [0.15, 0.2) is 66.7 Å². The Morgan fingerprint density at radius 1 is 0.800 bits per heavy atom. The molecule has 0 heterocycles. The summed E-state index contributed by atoms with van der Waals surface area (Å²) in [7, 11) is 0. The molecule has 0 saturated heterocycles. The fourth-order valence-corrected chi connectivity index (χ4v) is 4.27. The Balaban J connectivity index is 1.66. The van der Waals surface area contributed by atoms with Crippen LogP contribution < -0.4 is 0 Å². The predicted octanol–water partition coefficient (Wildman–Crippen LogP) is 6.69. The van der Waals surface area contributed by atoms with E-state index in [1.165, 1.54) is 59.6 Å². The van der Waals surface area contributed by atoms with Gasteiger partial charge in [0.15, 0.2) is 0 Å². The molecule has 124 valence electrons. The first kappa shape index (κ1) is 15.9. The topological polar surface area (TPSA) is 23.8 Å². The van der Waals surface area contributed by atoms with Gasteiger partial charge in [0.25, 0.3) is 0 Å². The largest absolute Gasteiger partial charge is 0.198 e. The lowest BCUT2D eigenvalue weighted by molar-refractivity contribution is 0.335. The zero-order chi connectivity index (χ0) is 17.1. The molecule has 0 N–H and O–H groups in total. The Morgan fingerprint density at radius 3 is 2.28 bits per heavy atom. The van der Waals surface area contributed by atoms with Gasteiger partial charge in [0.2, 0.25) is 0 Å². The lowest BCUT2D eigenvalue weighted by atomic mass is 9.77. The van der Waals surface area contributed by atoms with Crippen molar-refractivity contribution in [2.45, 2.75) is 38.0 Å². The maximum atomic E-state index is 9.71. The summed E-state index contributed by atoms with van der Waals surface area (Å²) in [6.07, 6.45) is 6.27. The van der Waals surface area contributed by atoms with Crippen LogP contribution in [0.4, 0.5) is 0 Å². The predicted molar refractivity (Wildman–Crippen MR) is 104 cm³/mol. The maximum Gasteiger partial charge on any atom is 0.0740 e. The van der Waals surface area contributed by atoms with Crippen LogP contribution in [0.1, 0.15) is 43.6 Å². The molecule has 1 saturated carbocycles. The van der Waals surface area contributed by atoms with Crippen LogP contribution in [-0.4, -0.2) is 0 Å². The van der Waals surface area contributed by atoms with Crippen molar-refractivity contribution in [3.05, 3.63) is 72.3 Å². The average molecular weight is 325 g/mol. The first-order valence-corrected chi connectivity index (χ1v) is 9.34. The van der Waals surface area contributed by atoms with E-state index in [4.69, 9.17) is 0 Å². The maximum absolute atomic E-state index is 9.71. The molecule has 4 rings (SSSR count). The number of hydrogen-bond acceptors (Lipinski definition) is 1. The molecule has 3 aromatic rings. The van der Waals surface area contributed by atoms with E-state index in [0.29, 0.717) is 5.92 Å². The molecule has 0 spiro atoms. The molecule has 0 radical (unpaired) electrons. The van der Waals surface area contributed by atoms with Gasteiger partial charge in [0.05, 0.1) is 12.0 Å². The molecule has 0 amide bonds. The Morgan fingerprint density at radius 2 is 1.52 bits per heavy atom. The van der Waals surface area contributed by atoms with Crippen molar-refractivity contribution in [1.29, 1.82) is 5.26 Å². The summed E-state index contributed by atoms with van der Waals surface area (Å²) in [6, 6.07) is 26.2. The van der Waals surface area contributed by atoms with Gasteiger partial charge in [-0.3, -0.25) is 0 Å². The van der Waals surface area contributed by atoms with Gasteiger partial charge in [0.1, 0.15) is 0 Å². The van der Waals surface area contributed by atoms with E-state index in [2.05, 4.69) is 72.8 Å². The minimum atomic E-state index is 0.0434. The van der Waals surface area contributed by atoms with E-state index < -0.39 is 0 Å². The molecule has 1 aliphatic carbocycles. The van der Waals surface area contributed by atoms with Gasteiger partial charge in [-0.1, -0.05) is 86.0 Å². The normalized spacial score (nSPS) is 16.4. The summed E-state index contributed by atoms with van der Waals surface area (Å²) in [6.45, 7) is 0. The molecule has 1 aliphatic rings. The third-order valence-electron chi connectivity index (χ3n) is 5.63. The Hall–Kier alpha value is -2.59. The van der Waals surface area contributed by atoms with Gasteiger partial charge in [-0.2, -0.15) is 5.26 Å². The highest BCUT2D eigenvalue weighted by molar-refractivity contribution is 5.96. The van der Waals surface area contributed by atoms with Crippen LogP contribution in [0.5, 0.6) is 0 Å². The minimum absolute atomic E-state index is 0.0434. The van der Waals surface area contributed by atoms with Crippen LogP contribution in [0.3, 0.4) is 0 Å². The number of nitrogens with zero attached hydrogens (tertiary/aromatic N) is 1. The van der Waals surface area contributed by atoms with E-state index in [-0.39, 0.29) is 5.92 Å². The number of benzene rings is 3. The Kier molecular flexibility index (Phi) is 4.53. The van der Waals surface area contributed by atoms with Crippen LogP contribution in [0.25, 0.3) is 21.9 Å². The summed E-state index contributed by atoms with van der Waals surface area (Å²) < 4.78 is 0. The standard InChI is InChI=1S/C24H23N/c25-17-24(19-7-2-1-3-8-19)21-15-13-20(14-16-21)23-12-6-10-18-9-4-5-11-22(18)23/h4-6,9-16,19,24H,1-3,7-8H2. The summed E-state index contributed by atoms with van der Waals surface area (Å²) in [5.41, 5.74) is 3.66. The molecular weight excluding hydrogens is 302 g/mol. The Bertz CT molecular complexity index is 890. The summed E-state index contributed by atoms with van der Waals surface area (Å²) >= 11 is 0. The van der Waals surface area contributed by atoms with Gasteiger partial charge >= 0.3 is 0 Å². The summed E-state index contributed by atoms with van der Waals surface area (Å²) in [5.74, 6) is 0.573. The first-order valence-electron chi connectivity index (χ1n) is 9.34. The fraction of sp³-hybridized carbons (Fsp3) is 0.292. The van der Waals surface area contributed by atoms with Crippen molar-refractivity contribution in [2.24, 2.45) is 5.92 Å². The third kappa shape index (κ3) is 3.17. The molecule has 1 nitrogen and oxygen atoms in total. The van der Waals surface area contributed by atoms with Crippen LogP contribution >= 0.6 is 0 Å². The highest BCUT2D eigenvalue weighted by Crippen LogP contribution is 2.37. The molecular formula is C24H23N. The average Bonchev–Trinajstić information content (AvgIpc) is 2.70. The van der Waals surface area contributed by atoms with Gasteiger partial charge in [-0.05, 0) is 46.2 Å². The SMILES string of the molecule is N#CC(c1ccc(-c2cccc3ccccc23)cc1)C1CCCCC1. The fourth-order valence-electron chi connectivity index (χ4n) is 4.27. The second kappa shape index (κ2) is 7.11. The van der Waals surface area contributed by atoms with E-state index >= 15 is 0 Å². The Labute approximate surface area is 149 Å². The number of rotatable bonds is 3. The van der Waals surface area contributed by atoms with Crippen LogP contribution in [-0.2, 0) is 0 Å². The van der Waals surface area contributed by atoms with Gasteiger partial charge in [0, 0.05) is 0 Å². The smallest absolute Gasteiger partial charge is 0.0740 e. The first-order chi connectivity index (χ1) is 12.4. The van der Waals surface area contributed by atoms with E-state index in [1.54, 1.807) is 0 Å². The highest BCUT2D eigenvalue weighted by atomic mass is 14.3. The van der Waals surface area contributed by atoms with Gasteiger partial charge in [-0.25, -0.2) is 0 Å². The molecule has 1 atom stereocenters. The quantitative estimate of drug-likeness (QED) is 0.526. The summed E-state index contributed by atoms with van der Waals surface area (Å²) in [5, 5.41) is 12.3.